The number of hydrogen-bond acceptors (Lipinski definition) is 3. The molecular formula is C14H18N2O2S. The Morgan fingerprint density at radius 1 is 1.32 bits per heavy atom. The third-order valence-corrected chi connectivity index (χ3v) is 3.96. The summed E-state index contributed by atoms with van der Waals surface area (Å²) in [5.74, 6) is -0.343. The van der Waals surface area contributed by atoms with Crippen LogP contribution in [0.15, 0.2) is 29.2 Å². The number of rotatable bonds is 4. The van der Waals surface area contributed by atoms with E-state index in [0.29, 0.717) is 11.4 Å². The normalized spacial score (nSPS) is 14.6. The summed E-state index contributed by atoms with van der Waals surface area (Å²) in [5, 5.41) is 6.85. The van der Waals surface area contributed by atoms with Crippen molar-refractivity contribution in [1.82, 2.24) is 10.6 Å². The number of carbonyl (C=O) groups is 2. The Bertz CT molecular complexity index is 466. The SMILES string of the molecule is O=C(NCCC1=CCCCC1)NC(=O)c1cccs1. The molecule has 5 heteroatoms. The predicted molar refractivity (Wildman–Crippen MR) is 76.4 cm³/mol. The topological polar surface area (TPSA) is 58.2 Å². The van der Waals surface area contributed by atoms with E-state index in [-0.39, 0.29) is 5.91 Å². The van der Waals surface area contributed by atoms with Crippen LogP contribution in [0.5, 0.6) is 0 Å². The molecule has 1 aromatic rings. The first-order valence-electron chi connectivity index (χ1n) is 6.56. The van der Waals surface area contributed by atoms with Gasteiger partial charge in [-0.2, -0.15) is 0 Å². The van der Waals surface area contributed by atoms with Crippen molar-refractivity contribution in [3.05, 3.63) is 34.0 Å². The Morgan fingerprint density at radius 2 is 2.21 bits per heavy atom. The molecule has 0 spiro atoms. The van der Waals surface area contributed by atoms with Gasteiger partial charge in [0.2, 0.25) is 0 Å². The average molecular weight is 278 g/mol. The molecule has 0 unspecified atom stereocenters. The van der Waals surface area contributed by atoms with Crippen LogP contribution in [0.1, 0.15) is 41.8 Å². The van der Waals surface area contributed by atoms with Gasteiger partial charge in [-0.3, -0.25) is 10.1 Å². The van der Waals surface area contributed by atoms with E-state index in [1.165, 1.54) is 29.8 Å². The lowest BCUT2D eigenvalue weighted by Gasteiger charge is -2.12. The van der Waals surface area contributed by atoms with E-state index in [9.17, 15) is 9.59 Å². The molecule has 2 rings (SSSR count). The van der Waals surface area contributed by atoms with Gasteiger partial charge in [0, 0.05) is 6.54 Å². The fraction of sp³-hybridized carbons (Fsp3) is 0.429. The summed E-state index contributed by atoms with van der Waals surface area (Å²) in [6.45, 7) is 0.579. The Kier molecular flexibility index (Phi) is 5.15. The maximum atomic E-state index is 11.6. The third kappa shape index (κ3) is 4.52. The van der Waals surface area contributed by atoms with Crippen LogP contribution in [0, 0.1) is 0 Å². The van der Waals surface area contributed by atoms with Crippen LogP contribution < -0.4 is 10.6 Å². The van der Waals surface area contributed by atoms with Crippen LogP contribution in [0.3, 0.4) is 0 Å². The number of nitrogens with one attached hydrogen (secondary N) is 2. The van der Waals surface area contributed by atoms with Gasteiger partial charge in [-0.1, -0.05) is 17.7 Å². The van der Waals surface area contributed by atoms with E-state index < -0.39 is 6.03 Å². The lowest BCUT2D eigenvalue weighted by Crippen LogP contribution is -2.39. The van der Waals surface area contributed by atoms with Gasteiger partial charge in [-0.25, -0.2) is 4.79 Å². The maximum Gasteiger partial charge on any atom is 0.321 e. The number of urea groups is 1. The standard InChI is InChI=1S/C14H18N2O2S/c17-13(12-7-4-10-19-12)16-14(18)15-9-8-11-5-2-1-3-6-11/h4-5,7,10H,1-3,6,8-9H2,(H2,15,16,17,18). The van der Waals surface area contributed by atoms with E-state index in [0.717, 1.165) is 19.3 Å². The molecule has 1 aliphatic carbocycles. The highest BCUT2D eigenvalue weighted by Gasteiger charge is 2.10. The summed E-state index contributed by atoms with van der Waals surface area (Å²) in [5.41, 5.74) is 1.41. The zero-order chi connectivity index (χ0) is 13.5. The van der Waals surface area contributed by atoms with Crippen LogP contribution in [-0.2, 0) is 0 Å². The van der Waals surface area contributed by atoms with Crippen LogP contribution in [-0.4, -0.2) is 18.5 Å². The van der Waals surface area contributed by atoms with E-state index >= 15 is 0 Å². The molecule has 3 amide bonds. The predicted octanol–water partition coefficient (Wildman–Crippen LogP) is 3.08. The minimum absolute atomic E-state index is 0.343. The van der Waals surface area contributed by atoms with E-state index in [2.05, 4.69) is 16.7 Å². The molecule has 0 aromatic carbocycles. The van der Waals surface area contributed by atoms with E-state index in [4.69, 9.17) is 0 Å². The molecule has 19 heavy (non-hydrogen) atoms. The minimum Gasteiger partial charge on any atom is -0.337 e. The molecule has 0 atom stereocenters. The fourth-order valence-electron chi connectivity index (χ4n) is 2.08. The molecule has 0 radical (unpaired) electrons. The summed E-state index contributed by atoms with van der Waals surface area (Å²) < 4.78 is 0. The Labute approximate surface area is 116 Å². The van der Waals surface area contributed by atoms with Gasteiger partial charge in [-0.05, 0) is 43.6 Å². The zero-order valence-corrected chi connectivity index (χ0v) is 11.6. The smallest absolute Gasteiger partial charge is 0.321 e. The maximum absolute atomic E-state index is 11.6. The van der Waals surface area contributed by atoms with Gasteiger partial charge in [0.1, 0.15) is 0 Å². The molecule has 0 saturated carbocycles. The number of carbonyl (C=O) groups excluding carboxylic acids is 2. The molecule has 4 nitrogen and oxygen atoms in total. The molecule has 0 bridgehead atoms. The van der Waals surface area contributed by atoms with Crippen LogP contribution >= 0.6 is 11.3 Å². The molecule has 0 saturated heterocycles. The van der Waals surface area contributed by atoms with Crippen molar-refractivity contribution in [3.8, 4) is 0 Å². The highest BCUT2D eigenvalue weighted by Crippen LogP contribution is 2.19. The first kappa shape index (κ1) is 13.8. The van der Waals surface area contributed by atoms with E-state index in [1.807, 2.05) is 5.38 Å². The Balaban J connectivity index is 1.67. The molecular weight excluding hydrogens is 260 g/mol. The Hall–Kier alpha value is -1.62. The third-order valence-electron chi connectivity index (χ3n) is 3.09. The summed E-state index contributed by atoms with van der Waals surface area (Å²) in [6.07, 6.45) is 7.94. The van der Waals surface area contributed by atoms with Gasteiger partial charge in [0.25, 0.3) is 5.91 Å². The quantitative estimate of drug-likeness (QED) is 0.832. The monoisotopic (exact) mass is 278 g/mol. The number of allylic oxidation sites excluding steroid dienone is 1. The highest BCUT2D eigenvalue weighted by atomic mass is 32.1. The molecule has 1 aliphatic rings. The highest BCUT2D eigenvalue weighted by molar-refractivity contribution is 7.12. The number of thiophene rings is 1. The molecule has 1 aromatic heterocycles. The van der Waals surface area contributed by atoms with Gasteiger partial charge in [0.05, 0.1) is 4.88 Å². The van der Waals surface area contributed by atoms with Crippen molar-refractivity contribution >= 4 is 23.3 Å². The average Bonchev–Trinajstić information content (AvgIpc) is 2.94. The summed E-state index contributed by atoms with van der Waals surface area (Å²) in [6, 6.07) is 3.06. The second-order valence-corrected chi connectivity index (χ2v) is 5.49. The summed E-state index contributed by atoms with van der Waals surface area (Å²) in [7, 11) is 0. The summed E-state index contributed by atoms with van der Waals surface area (Å²) in [4.78, 5) is 23.7. The van der Waals surface area contributed by atoms with Crippen molar-refractivity contribution in [2.45, 2.75) is 32.1 Å². The van der Waals surface area contributed by atoms with Crippen molar-refractivity contribution in [2.75, 3.05) is 6.54 Å². The second kappa shape index (κ2) is 7.09. The minimum atomic E-state index is -0.421. The summed E-state index contributed by atoms with van der Waals surface area (Å²) >= 11 is 1.32. The number of imide groups is 1. The van der Waals surface area contributed by atoms with Crippen molar-refractivity contribution in [1.29, 1.82) is 0 Å². The van der Waals surface area contributed by atoms with Crippen molar-refractivity contribution in [2.24, 2.45) is 0 Å². The number of amides is 3. The van der Waals surface area contributed by atoms with Crippen molar-refractivity contribution in [3.63, 3.8) is 0 Å². The van der Waals surface area contributed by atoms with E-state index in [1.54, 1.807) is 12.1 Å². The molecule has 0 fully saturated rings. The molecule has 102 valence electrons. The first-order valence-corrected chi connectivity index (χ1v) is 7.44. The second-order valence-electron chi connectivity index (χ2n) is 4.55. The molecule has 0 aliphatic heterocycles. The van der Waals surface area contributed by atoms with Gasteiger partial charge >= 0.3 is 6.03 Å². The van der Waals surface area contributed by atoms with Crippen LogP contribution in [0.2, 0.25) is 0 Å². The molecule has 1 heterocycles. The number of hydrogen-bond donors (Lipinski definition) is 2. The van der Waals surface area contributed by atoms with Crippen LogP contribution in [0.4, 0.5) is 4.79 Å². The Morgan fingerprint density at radius 3 is 2.89 bits per heavy atom. The van der Waals surface area contributed by atoms with Gasteiger partial charge < -0.3 is 5.32 Å². The largest absolute Gasteiger partial charge is 0.337 e. The lowest BCUT2D eigenvalue weighted by molar-refractivity contribution is 0.0968. The lowest BCUT2D eigenvalue weighted by atomic mass is 9.97. The van der Waals surface area contributed by atoms with Crippen LogP contribution in [0.25, 0.3) is 0 Å². The van der Waals surface area contributed by atoms with Crippen molar-refractivity contribution < 1.29 is 9.59 Å². The fourth-order valence-corrected chi connectivity index (χ4v) is 2.70. The molecule has 2 N–H and O–H groups in total. The first-order chi connectivity index (χ1) is 9.25. The van der Waals surface area contributed by atoms with Gasteiger partial charge in [-0.15, -0.1) is 11.3 Å². The van der Waals surface area contributed by atoms with Gasteiger partial charge in [0.15, 0.2) is 0 Å². The zero-order valence-electron chi connectivity index (χ0n) is 10.8.